The van der Waals surface area contributed by atoms with Crippen molar-refractivity contribution in [1.29, 1.82) is 0 Å². The minimum atomic E-state index is -0.276. The fourth-order valence-corrected chi connectivity index (χ4v) is 3.37. The number of likely N-dealkylation sites (tertiary alicyclic amines) is 1. The molecule has 0 saturated carbocycles. The fraction of sp³-hybridized carbons (Fsp3) is 0.545. The summed E-state index contributed by atoms with van der Waals surface area (Å²) in [5, 5.41) is 10.8. The van der Waals surface area contributed by atoms with Gasteiger partial charge >= 0.3 is 0 Å². The van der Waals surface area contributed by atoms with Crippen molar-refractivity contribution in [2.75, 3.05) is 17.6 Å². The average molecular weight is 314 g/mol. The summed E-state index contributed by atoms with van der Waals surface area (Å²) in [5.41, 5.74) is 0. The number of nitrogens with zero attached hydrogens (tertiary/aromatic N) is 3. The van der Waals surface area contributed by atoms with Crippen molar-refractivity contribution in [3.63, 3.8) is 0 Å². The van der Waals surface area contributed by atoms with Crippen molar-refractivity contribution in [3.8, 4) is 0 Å². The van der Waals surface area contributed by atoms with Crippen molar-refractivity contribution in [1.82, 2.24) is 15.1 Å². The summed E-state index contributed by atoms with van der Waals surface area (Å²) in [6.07, 6.45) is 0.566. The van der Waals surface area contributed by atoms with Crippen LogP contribution in [0, 0.1) is 0 Å². The van der Waals surface area contributed by atoms with Gasteiger partial charge in [0.15, 0.2) is 4.34 Å². The first-order valence-corrected chi connectivity index (χ1v) is 7.99. The van der Waals surface area contributed by atoms with Gasteiger partial charge in [-0.15, -0.1) is 10.2 Å². The second-order valence-corrected chi connectivity index (χ2v) is 6.53. The summed E-state index contributed by atoms with van der Waals surface area (Å²) in [5.74, 6) is 0.198. The van der Waals surface area contributed by atoms with Crippen LogP contribution >= 0.6 is 23.1 Å². The van der Waals surface area contributed by atoms with E-state index in [0.717, 1.165) is 15.0 Å². The minimum Gasteiger partial charge on any atom is -0.300 e. The molecule has 0 unspecified atom stereocenters. The number of hydrogen-bond acceptors (Lipinski definition) is 7. The molecule has 1 saturated heterocycles. The molecule has 0 aromatic carbocycles. The van der Waals surface area contributed by atoms with Gasteiger partial charge in [-0.2, -0.15) is 0 Å². The van der Waals surface area contributed by atoms with Crippen molar-refractivity contribution >= 4 is 46.0 Å². The first-order chi connectivity index (χ1) is 9.60. The monoisotopic (exact) mass is 314 g/mol. The molecule has 1 aromatic heterocycles. The zero-order chi connectivity index (χ0) is 14.5. The Morgan fingerprint density at radius 1 is 1.35 bits per heavy atom. The summed E-state index contributed by atoms with van der Waals surface area (Å²) in [7, 11) is 0. The molecule has 1 aliphatic heterocycles. The SMILES string of the molecule is CCSc1nnc(NC(=O)CCN2C(=O)CCC2=O)s1. The van der Waals surface area contributed by atoms with Gasteiger partial charge in [0, 0.05) is 25.8 Å². The predicted octanol–water partition coefficient (Wildman–Crippen LogP) is 1.13. The van der Waals surface area contributed by atoms with Gasteiger partial charge in [0.1, 0.15) is 0 Å². The molecule has 0 bridgehead atoms. The number of hydrogen-bond donors (Lipinski definition) is 1. The Balaban J connectivity index is 1.80. The third kappa shape index (κ3) is 3.76. The smallest absolute Gasteiger partial charge is 0.229 e. The molecule has 0 atom stereocenters. The van der Waals surface area contributed by atoms with Crippen LogP contribution in [0.1, 0.15) is 26.2 Å². The number of nitrogens with one attached hydrogen (secondary N) is 1. The second kappa shape index (κ2) is 6.80. The number of imide groups is 1. The maximum absolute atomic E-state index is 11.7. The van der Waals surface area contributed by atoms with Gasteiger partial charge in [-0.1, -0.05) is 30.0 Å². The van der Waals surface area contributed by atoms with Crippen LogP contribution in [0.15, 0.2) is 4.34 Å². The molecule has 1 fully saturated rings. The molecule has 1 N–H and O–H groups in total. The number of aromatic nitrogens is 2. The van der Waals surface area contributed by atoms with Gasteiger partial charge in [0.2, 0.25) is 22.9 Å². The molecule has 2 heterocycles. The Morgan fingerprint density at radius 2 is 2.05 bits per heavy atom. The fourth-order valence-electron chi connectivity index (χ4n) is 1.71. The Morgan fingerprint density at radius 3 is 2.70 bits per heavy atom. The van der Waals surface area contributed by atoms with Crippen LogP contribution in [-0.2, 0) is 14.4 Å². The summed E-state index contributed by atoms with van der Waals surface area (Å²) < 4.78 is 0.799. The molecule has 0 spiro atoms. The largest absolute Gasteiger partial charge is 0.300 e. The molecule has 3 amide bonds. The summed E-state index contributed by atoms with van der Waals surface area (Å²) in [4.78, 5) is 35.6. The number of thioether (sulfide) groups is 1. The van der Waals surface area contributed by atoms with Crippen LogP contribution in [-0.4, -0.2) is 45.1 Å². The number of rotatable bonds is 6. The lowest BCUT2D eigenvalue weighted by Gasteiger charge is -2.12. The number of anilines is 1. The molecule has 108 valence electrons. The van der Waals surface area contributed by atoms with E-state index in [9.17, 15) is 14.4 Å². The molecular formula is C11H14N4O3S2. The topological polar surface area (TPSA) is 92.3 Å². The molecule has 0 aliphatic carbocycles. The third-order valence-electron chi connectivity index (χ3n) is 2.64. The second-order valence-electron chi connectivity index (χ2n) is 4.04. The van der Waals surface area contributed by atoms with Crippen LogP contribution in [0.2, 0.25) is 0 Å². The first-order valence-electron chi connectivity index (χ1n) is 6.19. The van der Waals surface area contributed by atoms with Gasteiger partial charge in [-0.05, 0) is 5.75 Å². The normalized spacial score (nSPS) is 14.9. The van der Waals surface area contributed by atoms with E-state index in [1.54, 1.807) is 11.8 Å². The number of carbonyl (C=O) groups excluding carboxylic acids is 3. The summed E-state index contributed by atoms with van der Waals surface area (Å²) >= 11 is 2.86. The highest BCUT2D eigenvalue weighted by atomic mass is 32.2. The highest BCUT2D eigenvalue weighted by Gasteiger charge is 2.28. The van der Waals surface area contributed by atoms with Crippen LogP contribution in [0.4, 0.5) is 5.13 Å². The maximum atomic E-state index is 11.7. The van der Waals surface area contributed by atoms with Gasteiger partial charge in [-0.25, -0.2) is 0 Å². The molecule has 7 nitrogen and oxygen atoms in total. The van der Waals surface area contributed by atoms with Crippen molar-refractivity contribution in [2.24, 2.45) is 0 Å². The third-order valence-corrected chi connectivity index (χ3v) is 4.49. The van der Waals surface area contributed by atoms with Crippen molar-refractivity contribution in [2.45, 2.75) is 30.5 Å². The molecule has 1 aromatic rings. The van der Waals surface area contributed by atoms with Crippen LogP contribution in [0.3, 0.4) is 0 Å². The summed E-state index contributed by atoms with van der Waals surface area (Å²) in [6, 6.07) is 0. The minimum absolute atomic E-state index is 0.0767. The van der Waals surface area contributed by atoms with E-state index < -0.39 is 0 Å². The average Bonchev–Trinajstić information content (AvgIpc) is 2.96. The Labute approximate surface area is 124 Å². The predicted molar refractivity (Wildman–Crippen MR) is 75.5 cm³/mol. The lowest BCUT2D eigenvalue weighted by molar-refractivity contribution is -0.138. The number of carbonyl (C=O) groups is 3. The van der Waals surface area contributed by atoms with Crippen molar-refractivity contribution < 1.29 is 14.4 Å². The Kier molecular flexibility index (Phi) is 5.07. The molecule has 9 heteroatoms. The number of amides is 3. The van der Waals surface area contributed by atoms with Crippen molar-refractivity contribution in [3.05, 3.63) is 0 Å². The maximum Gasteiger partial charge on any atom is 0.229 e. The van der Waals surface area contributed by atoms with E-state index in [2.05, 4.69) is 15.5 Å². The quantitative estimate of drug-likeness (QED) is 0.481. The van der Waals surface area contributed by atoms with E-state index >= 15 is 0 Å². The zero-order valence-corrected chi connectivity index (χ0v) is 12.6. The van der Waals surface area contributed by atoms with E-state index in [4.69, 9.17) is 0 Å². The molecular weight excluding hydrogens is 300 g/mol. The molecule has 0 radical (unpaired) electrons. The molecule has 1 aliphatic rings. The van der Waals surface area contributed by atoms with E-state index in [1.165, 1.54) is 11.3 Å². The van der Waals surface area contributed by atoms with Gasteiger partial charge < -0.3 is 5.32 Å². The molecule has 20 heavy (non-hydrogen) atoms. The highest BCUT2D eigenvalue weighted by molar-refractivity contribution is 8.01. The Hall–Kier alpha value is -1.48. The van der Waals surface area contributed by atoms with E-state index in [0.29, 0.717) is 5.13 Å². The highest BCUT2D eigenvalue weighted by Crippen LogP contribution is 2.25. The van der Waals surface area contributed by atoms with Gasteiger partial charge in [0.25, 0.3) is 0 Å². The molecule has 2 rings (SSSR count). The van der Waals surface area contributed by atoms with Gasteiger partial charge in [0.05, 0.1) is 0 Å². The van der Waals surface area contributed by atoms with Crippen LogP contribution in [0.5, 0.6) is 0 Å². The van der Waals surface area contributed by atoms with Gasteiger partial charge in [-0.3, -0.25) is 19.3 Å². The Bertz CT molecular complexity index is 515. The van der Waals surface area contributed by atoms with E-state index in [1.807, 2.05) is 6.92 Å². The standard InChI is InChI=1S/C11H14N4O3S2/c1-2-19-11-14-13-10(20-11)12-7(16)5-6-15-8(17)3-4-9(15)18/h2-6H2,1H3,(H,12,13,16). The van der Waals surface area contributed by atoms with E-state index in [-0.39, 0.29) is 43.5 Å². The van der Waals surface area contributed by atoms with Crippen LogP contribution in [0.25, 0.3) is 0 Å². The zero-order valence-electron chi connectivity index (χ0n) is 10.9. The lowest BCUT2D eigenvalue weighted by atomic mass is 10.3. The van der Waals surface area contributed by atoms with Crippen LogP contribution < -0.4 is 5.32 Å². The first kappa shape index (κ1) is 14.9. The lowest BCUT2D eigenvalue weighted by Crippen LogP contribution is -2.32. The summed E-state index contributed by atoms with van der Waals surface area (Å²) in [6.45, 7) is 2.13.